The van der Waals surface area contributed by atoms with E-state index in [4.69, 9.17) is 16.3 Å². The van der Waals surface area contributed by atoms with E-state index in [9.17, 15) is 9.59 Å². The number of ether oxygens (including phenoxy) is 1. The third kappa shape index (κ3) is 3.40. The van der Waals surface area contributed by atoms with Crippen molar-refractivity contribution >= 4 is 50.4 Å². The van der Waals surface area contributed by atoms with Crippen LogP contribution in [0.1, 0.15) is 21.7 Å². The quantitative estimate of drug-likeness (QED) is 0.519. The van der Waals surface area contributed by atoms with Crippen molar-refractivity contribution in [1.82, 2.24) is 9.97 Å². The van der Waals surface area contributed by atoms with Crippen molar-refractivity contribution < 1.29 is 9.53 Å². The van der Waals surface area contributed by atoms with E-state index in [1.807, 2.05) is 42.5 Å². The van der Waals surface area contributed by atoms with Crippen molar-refractivity contribution in [1.29, 1.82) is 0 Å². The van der Waals surface area contributed by atoms with Crippen LogP contribution in [0.4, 0.5) is 0 Å². The van der Waals surface area contributed by atoms with Gasteiger partial charge in [0, 0.05) is 0 Å². The number of benzene rings is 3. The Bertz CT molecular complexity index is 1310. The predicted molar refractivity (Wildman–Crippen MR) is 111 cm³/mol. The maximum absolute atomic E-state index is 12.4. The predicted octanol–water partition coefficient (Wildman–Crippen LogP) is 4.60. The second-order valence-corrected chi connectivity index (χ2v) is 6.64. The molecular weight excluding hydrogens is 376 g/mol. The highest BCUT2D eigenvalue weighted by Crippen LogP contribution is 2.23. The van der Waals surface area contributed by atoms with Gasteiger partial charge in [-0.25, -0.2) is 9.78 Å². The molecule has 0 saturated heterocycles. The minimum Gasteiger partial charge on any atom is -0.465 e. The molecule has 0 aliphatic heterocycles. The third-order valence-corrected chi connectivity index (χ3v) is 4.71. The maximum atomic E-state index is 12.4. The second-order valence-electron chi connectivity index (χ2n) is 6.24. The molecule has 0 fully saturated rings. The Morgan fingerprint density at radius 2 is 1.86 bits per heavy atom. The molecule has 0 atom stereocenters. The van der Waals surface area contributed by atoms with Crippen molar-refractivity contribution in [3.05, 3.63) is 88.0 Å². The van der Waals surface area contributed by atoms with Gasteiger partial charge >= 0.3 is 5.97 Å². The molecule has 0 saturated carbocycles. The van der Waals surface area contributed by atoms with E-state index >= 15 is 0 Å². The van der Waals surface area contributed by atoms with Gasteiger partial charge in [0.25, 0.3) is 5.56 Å². The van der Waals surface area contributed by atoms with Crippen LogP contribution in [0.5, 0.6) is 0 Å². The fourth-order valence-electron chi connectivity index (χ4n) is 3.01. The van der Waals surface area contributed by atoms with Gasteiger partial charge in [0.05, 0.1) is 28.6 Å². The van der Waals surface area contributed by atoms with E-state index in [1.165, 1.54) is 25.3 Å². The van der Waals surface area contributed by atoms with Gasteiger partial charge in [-0.3, -0.25) is 4.79 Å². The molecule has 3 aromatic carbocycles. The van der Waals surface area contributed by atoms with Crippen molar-refractivity contribution in [2.24, 2.45) is 0 Å². The Kier molecular flexibility index (Phi) is 4.67. The molecule has 4 rings (SSSR count). The molecule has 138 valence electrons. The number of rotatable bonds is 3. The number of aromatic amines is 1. The third-order valence-electron chi connectivity index (χ3n) is 4.42. The number of H-pyrrole nitrogens is 1. The van der Waals surface area contributed by atoms with Crippen LogP contribution < -0.4 is 5.56 Å². The molecule has 0 spiro atoms. The second kappa shape index (κ2) is 7.29. The Balaban J connectivity index is 1.78. The van der Waals surface area contributed by atoms with Crippen molar-refractivity contribution in [2.45, 2.75) is 0 Å². The lowest BCUT2D eigenvalue weighted by Crippen LogP contribution is -2.11. The molecule has 28 heavy (non-hydrogen) atoms. The zero-order valence-corrected chi connectivity index (χ0v) is 15.7. The van der Waals surface area contributed by atoms with Crippen LogP contribution in [-0.4, -0.2) is 23.0 Å². The van der Waals surface area contributed by atoms with Crippen LogP contribution in [0.2, 0.25) is 0 Å². The fourth-order valence-corrected chi connectivity index (χ4v) is 3.23. The topological polar surface area (TPSA) is 72.1 Å². The normalized spacial score (nSPS) is 11.7. The lowest BCUT2D eigenvalue weighted by Gasteiger charge is -2.05. The summed E-state index contributed by atoms with van der Waals surface area (Å²) >= 11 is 6.43. The highest BCUT2D eigenvalue weighted by atomic mass is 35.5. The van der Waals surface area contributed by atoms with E-state index in [2.05, 4.69) is 9.97 Å². The monoisotopic (exact) mass is 390 g/mol. The van der Waals surface area contributed by atoms with Crippen molar-refractivity contribution in [3.63, 3.8) is 0 Å². The minimum atomic E-state index is -0.497. The molecule has 0 amide bonds. The summed E-state index contributed by atoms with van der Waals surface area (Å²) in [4.78, 5) is 31.2. The largest absolute Gasteiger partial charge is 0.465 e. The Morgan fingerprint density at radius 3 is 2.64 bits per heavy atom. The van der Waals surface area contributed by atoms with Crippen LogP contribution in [-0.2, 0) is 4.74 Å². The molecule has 5 nitrogen and oxygen atoms in total. The molecule has 6 heteroatoms. The highest BCUT2D eigenvalue weighted by Gasteiger charge is 2.11. The molecule has 1 N–H and O–H groups in total. The lowest BCUT2D eigenvalue weighted by atomic mass is 10.1. The fraction of sp³-hybridized carbons (Fsp3) is 0.0455. The number of carbonyl (C=O) groups is 1. The number of hydrogen-bond donors (Lipinski definition) is 1. The first kappa shape index (κ1) is 17.9. The molecular formula is C22H15ClN2O3. The van der Waals surface area contributed by atoms with Crippen LogP contribution in [0.25, 0.3) is 32.8 Å². The summed E-state index contributed by atoms with van der Waals surface area (Å²) in [7, 11) is 1.30. The van der Waals surface area contributed by atoms with Crippen LogP contribution in [0.3, 0.4) is 0 Å². The van der Waals surface area contributed by atoms with Gasteiger partial charge in [-0.15, -0.1) is 0 Å². The number of methoxy groups -OCH3 is 1. The zero-order chi connectivity index (χ0) is 19.7. The molecule has 0 bridgehead atoms. The van der Waals surface area contributed by atoms with Gasteiger partial charge in [0.1, 0.15) is 0 Å². The first-order valence-electron chi connectivity index (χ1n) is 8.54. The molecule has 0 radical (unpaired) electrons. The standard InChI is InChI=1S/C22H15ClN2O3/c1-28-22(27)16-8-9-17-19(12-16)24-20(25-21(17)26)18(23)11-13-6-7-14-4-2-3-5-15(14)10-13/h2-12H,1H3,(H,24,25,26)/b18-11-. The summed E-state index contributed by atoms with van der Waals surface area (Å²) in [6.45, 7) is 0. The summed E-state index contributed by atoms with van der Waals surface area (Å²) in [5.41, 5.74) is 1.23. The van der Waals surface area contributed by atoms with Gasteiger partial charge in [-0.05, 0) is 46.7 Å². The van der Waals surface area contributed by atoms with Gasteiger partial charge in [0.15, 0.2) is 5.82 Å². The minimum absolute atomic E-state index is 0.231. The summed E-state index contributed by atoms with van der Waals surface area (Å²) in [6.07, 6.45) is 1.74. The number of hydrogen-bond acceptors (Lipinski definition) is 4. The number of nitrogens with zero attached hydrogens (tertiary/aromatic N) is 1. The average molecular weight is 391 g/mol. The summed E-state index contributed by atoms with van der Waals surface area (Å²) in [5.74, 6) is -0.266. The summed E-state index contributed by atoms with van der Waals surface area (Å²) in [5, 5.41) is 2.87. The van der Waals surface area contributed by atoms with Crippen LogP contribution in [0.15, 0.2) is 65.5 Å². The summed E-state index contributed by atoms with van der Waals surface area (Å²) < 4.78 is 4.72. The smallest absolute Gasteiger partial charge is 0.337 e. The maximum Gasteiger partial charge on any atom is 0.337 e. The number of carbonyl (C=O) groups excluding carboxylic acids is 1. The lowest BCUT2D eigenvalue weighted by molar-refractivity contribution is 0.0601. The molecule has 1 heterocycles. The van der Waals surface area contributed by atoms with Gasteiger partial charge in [-0.1, -0.05) is 48.0 Å². The molecule has 0 unspecified atom stereocenters. The van der Waals surface area contributed by atoms with Gasteiger partial charge < -0.3 is 9.72 Å². The molecule has 1 aromatic heterocycles. The Labute approximate surface area is 165 Å². The SMILES string of the molecule is COC(=O)c1ccc2c(=O)[nH]c(/C(Cl)=C/c3ccc4ccccc4c3)nc2c1. The Morgan fingerprint density at radius 1 is 1.07 bits per heavy atom. The molecule has 4 aromatic rings. The van der Waals surface area contributed by atoms with E-state index in [-0.39, 0.29) is 16.4 Å². The van der Waals surface area contributed by atoms with Crippen molar-refractivity contribution in [2.75, 3.05) is 7.11 Å². The molecule has 0 aliphatic carbocycles. The van der Waals surface area contributed by atoms with E-state index < -0.39 is 5.97 Å². The van der Waals surface area contributed by atoms with E-state index in [1.54, 1.807) is 6.08 Å². The first-order chi connectivity index (χ1) is 13.5. The number of halogens is 1. The number of fused-ring (bicyclic) bond motifs is 2. The van der Waals surface area contributed by atoms with E-state index in [0.29, 0.717) is 16.5 Å². The van der Waals surface area contributed by atoms with E-state index in [0.717, 1.165) is 16.3 Å². The van der Waals surface area contributed by atoms with Gasteiger partial charge in [0.2, 0.25) is 0 Å². The average Bonchev–Trinajstić information content (AvgIpc) is 2.72. The van der Waals surface area contributed by atoms with Crippen LogP contribution >= 0.6 is 11.6 Å². The summed E-state index contributed by atoms with van der Waals surface area (Å²) in [6, 6.07) is 18.5. The highest BCUT2D eigenvalue weighted by molar-refractivity contribution is 6.50. The van der Waals surface area contributed by atoms with Crippen molar-refractivity contribution in [3.8, 4) is 0 Å². The number of esters is 1. The zero-order valence-electron chi connectivity index (χ0n) is 14.9. The Hall–Kier alpha value is -3.44. The number of aromatic nitrogens is 2. The first-order valence-corrected chi connectivity index (χ1v) is 8.92. The number of nitrogens with one attached hydrogen (secondary N) is 1. The van der Waals surface area contributed by atoms with Crippen LogP contribution in [0, 0.1) is 0 Å². The molecule has 0 aliphatic rings. The van der Waals surface area contributed by atoms with Gasteiger partial charge in [-0.2, -0.15) is 0 Å².